The van der Waals surface area contributed by atoms with Gasteiger partial charge in [0.25, 0.3) is 0 Å². The summed E-state index contributed by atoms with van der Waals surface area (Å²) < 4.78 is 5.81. The molecule has 0 aliphatic carbocycles. The van der Waals surface area contributed by atoms with E-state index in [2.05, 4.69) is 26.4 Å². The van der Waals surface area contributed by atoms with Gasteiger partial charge < -0.3 is 14.9 Å². The van der Waals surface area contributed by atoms with E-state index >= 15 is 0 Å². The molecule has 88 valence electrons. The number of carboxylic acids is 1. The van der Waals surface area contributed by atoms with E-state index in [-0.39, 0.29) is 5.69 Å². The predicted octanol–water partition coefficient (Wildman–Crippen LogP) is 2.75. The lowest BCUT2D eigenvalue weighted by atomic mass is 10.3. The summed E-state index contributed by atoms with van der Waals surface area (Å²) in [4.78, 5) is 10.6. The molecule has 0 aliphatic heterocycles. The molecule has 0 fully saturated rings. The second-order valence-corrected chi connectivity index (χ2v) is 4.17. The third-order valence-corrected chi connectivity index (χ3v) is 2.80. The normalized spacial score (nSPS) is 10.2. The van der Waals surface area contributed by atoms with Gasteiger partial charge in [0.1, 0.15) is 0 Å². The molecule has 1 aromatic carbocycles. The Morgan fingerprint density at radius 2 is 2.24 bits per heavy atom. The fourth-order valence-corrected chi connectivity index (χ4v) is 1.71. The number of benzene rings is 1. The van der Waals surface area contributed by atoms with Crippen molar-refractivity contribution in [3.05, 3.63) is 46.3 Å². The van der Waals surface area contributed by atoms with Gasteiger partial charge in [0.2, 0.25) is 0 Å². The molecule has 0 spiro atoms. The van der Waals surface area contributed by atoms with Crippen molar-refractivity contribution < 1.29 is 14.4 Å². The van der Waals surface area contributed by atoms with E-state index in [0.29, 0.717) is 12.3 Å². The molecular formula is C11H9BrN2O3. The molecule has 0 unspecified atom stereocenters. The number of anilines is 1. The summed E-state index contributed by atoms with van der Waals surface area (Å²) >= 11 is 3.40. The van der Waals surface area contributed by atoms with Gasteiger partial charge in [-0.1, -0.05) is 17.3 Å². The minimum Gasteiger partial charge on any atom is -0.476 e. The summed E-state index contributed by atoms with van der Waals surface area (Å²) in [5.74, 6) is -0.626. The number of hydrogen-bond donors (Lipinski definition) is 2. The van der Waals surface area contributed by atoms with Gasteiger partial charge in [-0.25, -0.2) is 4.79 Å². The molecule has 0 saturated carbocycles. The van der Waals surface area contributed by atoms with Gasteiger partial charge in [-0.05, 0) is 28.1 Å². The highest BCUT2D eigenvalue weighted by molar-refractivity contribution is 9.10. The van der Waals surface area contributed by atoms with E-state index < -0.39 is 5.97 Å². The van der Waals surface area contributed by atoms with E-state index in [0.717, 1.165) is 10.2 Å². The van der Waals surface area contributed by atoms with Crippen molar-refractivity contribution in [1.29, 1.82) is 0 Å². The number of aromatic nitrogens is 1. The highest BCUT2D eigenvalue weighted by Gasteiger charge is 2.10. The molecule has 0 saturated heterocycles. The number of nitrogens with zero attached hydrogens (tertiary/aromatic N) is 1. The quantitative estimate of drug-likeness (QED) is 0.907. The molecule has 0 radical (unpaired) electrons. The van der Waals surface area contributed by atoms with Gasteiger partial charge in [0.15, 0.2) is 11.5 Å². The monoisotopic (exact) mass is 296 g/mol. The van der Waals surface area contributed by atoms with Crippen molar-refractivity contribution in [3.63, 3.8) is 0 Å². The summed E-state index contributed by atoms with van der Waals surface area (Å²) in [6, 6.07) is 9.01. The fraction of sp³-hybridized carbons (Fsp3) is 0.0909. The first-order valence-electron chi connectivity index (χ1n) is 4.84. The van der Waals surface area contributed by atoms with Crippen molar-refractivity contribution in [1.82, 2.24) is 5.16 Å². The highest BCUT2D eigenvalue weighted by atomic mass is 79.9. The van der Waals surface area contributed by atoms with Gasteiger partial charge >= 0.3 is 5.97 Å². The van der Waals surface area contributed by atoms with E-state index in [4.69, 9.17) is 9.63 Å². The summed E-state index contributed by atoms with van der Waals surface area (Å²) in [6.45, 7) is 0.378. The lowest BCUT2D eigenvalue weighted by molar-refractivity contribution is 0.0685. The van der Waals surface area contributed by atoms with Crippen molar-refractivity contribution in [3.8, 4) is 0 Å². The number of nitrogens with one attached hydrogen (secondary N) is 1. The molecule has 0 bridgehead atoms. The fourth-order valence-electron chi connectivity index (χ4n) is 1.28. The van der Waals surface area contributed by atoms with Crippen LogP contribution in [0.5, 0.6) is 0 Å². The Kier molecular flexibility index (Phi) is 3.43. The number of halogens is 1. The van der Waals surface area contributed by atoms with Crippen LogP contribution < -0.4 is 5.32 Å². The zero-order valence-corrected chi connectivity index (χ0v) is 10.3. The standard InChI is InChI=1S/C11H9BrN2O3/c12-8-3-1-2-4-9(8)13-6-7-5-10(11(15)16)14-17-7/h1-5,13H,6H2,(H,15,16). The van der Waals surface area contributed by atoms with Crippen LogP contribution in [0.3, 0.4) is 0 Å². The minimum absolute atomic E-state index is 0.0890. The number of carbonyl (C=O) groups is 1. The maximum atomic E-state index is 10.6. The Bertz CT molecular complexity index is 539. The second-order valence-electron chi connectivity index (χ2n) is 3.32. The van der Waals surface area contributed by atoms with Crippen molar-refractivity contribution in [2.75, 3.05) is 5.32 Å². The van der Waals surface area contributed by atoms with E-state index in [1.54, 1.807) is 0 Å². The summed E-state index contributed by atoms with van der Waals surface area (Å²) in [5, 5.41) is 15.2. The topological polar surface area (TPSA) is 75.4 Å². The van der Waals surface area contributed by atoms with Crippen LogP contribution in [0.2, 0.25) is 0 Å². The average molecular weight is 297 g/mol. The first kappa shape index (κ1) is 11.7. The smallest absolute Gasteiger partial charge is 0.358 e. The Morgan fingerprint density at radius 1 is 1.47 bits per heavy atom. The van der Waals surface area contributed by atoms with Gasteiger partial charge in [-0.3, -0.25) is 0 Å². The Balaban J connectivity index is 2.02. The Labute approximate surface area is 106 Å². The maximum absolute atomic E-state index is 10.6. The molecule has 2 rings (SSSR count). The van der Waals surface area contributed by atoms with Gasteiger partial charge in [0, 0.05) is 16.2 Å². The van der Waals surface area contributed by atoms with Crippen LogP contribution in [0, 0.1) is 0 Å². The van der Waals surface area contributed by atoms with Crippen LogP contribution in [0.15, 0.2) is 39.3 Å². The number of para-hydroxylation sites is 1. The van der Waals surface area contributed by atoms with Crippen LogP contribution in [0.1, 0.15) is 16.2 Å². The van der Waals surface area contributed by atoms with Crippen LogP contribution in [0.25, 0.3) is 0 Å². The lowest BCUT2D eigenvalue weighted by Crippen LogP contribution is -1.99. The molecule has 17 heavy (non-hydrogen) atoms. The minimum atomic E-state index is -1.10. The van der Waals surface area contributed by atoms with E-state index in [1.807, 2.05) is 24.3 Å². The maximum Gasteiger partial charge on any atom is 0.358 e. The molecule has 1 heterocycles. The molecular weight excluding hydrogens is 288 g/mol. The van der Waals surface area contributed by atoms with Crippen LogP contribution in [-0.2, 0) is 6.54 Å². The summed E-state index contributed by atoms with van der Waals surface area (Å²) in [7, 11) is 0. The summed E-state index contributed by atoms with van der Waals surface area (Å²) in [6.07, 6.45) is 0. The number of aromatic carboxylic acids is 1. The van der Waals surface area contributed by atoms with Crippen molar-refractivity contribution in [2.45, 2.75) is 6.54 Å². The number of carboxylic acid groups (broad SMARTS) is 1. The van der Waals surface area contributed by atoms with Crippen molar-refractivity contribution in [2.24, 2.45) is 0 Å². The largest absolute Gasteiger partial charge is 0.476 e. The average Bonchev–Trinajstić information content (AvgIpc) is 2.77. The lowest BCUT2D eigenvalue weighted by Gasteiger charge is -2.05. The van der Waals surface area contributed by atoms with Gasteiger partial charge in [0.05, 0.1) is 6.54 Å². The van der Waals surface area contributed by atoms with E-state index in [1.165, 1.54) is 6.07 Å². The third kappa shape index (κ3) is 2.85. The van der Waals surface area contributed by atoms with Gasteiger partial charge in [-0.2, -0.15) is 0 Å². The van der Waals surface area contributed by atoms with Gasteiger partial charge in [-0.15, -0.1) is 0 Å². The molecule has 1 aromatic heterocycles. The Morgan fingerprint density at radius 3 is 2.88 bits per heavy atom. The SMILES string of the molecule is O=C(O)c1cc(CNc2ccccc2Br)on1. The first-order valence-corrected chi connectivity index (χ1v) is 5.63. The first-order chi connectivity index (χ1) is 8.16. The zero-order valence-electron chi connectivity index (χ0n) is 8.68. The molecule has 0 atom stereocenters. The molecule has 6 heteroatoms. The molecule has 0 amide bonds. The van der Waals surface area contributed by atoms with Crippen LogP contribution in [0.4, 0.5) is 5.69 Å². The molecule has 5 nitrogen and oxygen atoms in total. The second kappa shape index (κ2) is 5.01. The number of hydrogen-bond acceptors (Lipinski definition) is 4. The highest BCUT2D eigenvalue weighted by Crippen LogP contribution is 2.21. The molecule has 0 aliphatic rings. The zero-order chi connectivity index (χ0) is 12.3. The Hall–Kier alpha value is -1.82. The molecule has 2 aromatic rings. The number of rotatable bonds is 4. The van der Waals surface area contributed by atoms with E-state index in [9.17, 15) is 4.79 Å². The van der Waals surface area contributed by atoms with Crippen molar-refractivity contribution >= 4 is 27.6 Å². The predicted molar refractivity (Wildman–Crippen MR) is 64.9 cm³/mol. The summed E-state index contributed by atoms with van der Waals surface area (Å²) in [5.41, 5.74) is 0.815. The third-order valence-electron chi connectivity index (χ3n) is 2.10. The molecule has 2 N–H and O–H groups in total. The van der Waals surface area contributed by atoms with Crippen LogP contribution in [-0.4, -0.2) is 16.2 Å². The van der Waals surface area contributed by atoms with Crippen LogP contribution >= 0.6 is 15.9 Å².